The lowest BCUT2D eigenvalue weighted by atomic mass is 10.0. The zero-order valence-corrected chi connectivity index (χ0v) is 10.7. The molecule has 1 aromatic carbocycles. The first-order chi connectivity index (χ1) is 8.51. The molecule has 0 aliphatic rings. The number of ether oxygens (including phenoxy) is 1. The summed E-state index contributed by atoms with van der Waals surface area (Å²) in [6.45, 7) is 3.53. The fourth-order valence-corrected chi connectivity index (χ4v) is 1.56. The van der Waals surface area contributed by atoms with E-state index >= 15 is 0 Å². The molecule has 5 heteroatoms. The summed E-state index contributed by atoms with van der Waals surface area (Å²) in [4.78, 5) is 12.0. The lowest BCUT2D eigenvalue weighted by Gasteiger charge is -2.20. The van der Waals surface area contributed by atoms with Crippen molar-refractivity contribution in [2.45, 2.75) is 19.9 Å². The highest BCUT2D eigenvalue weighted by Gasteiger charge is 2.21. The number of aliphatic hydroxyl groups is 1. The lowest BCUT2D eigenvalue weighted by molar-refractivity contribution is 0.0889. The molecule has 18 heavy (non-hydrogen) atoms. The highest BCUT2D eigenvalue weighted by atomic mass is 19.1. The van der Waals surface area contributed by atoms with Crippen molar-refractivity contribution < 1.29 is 19.0 Å². The van der Waals surface area contributed by atoms with Gasteiger partial charge >= 0.3 is 0 Å². The van der Waals surface area contributed by atoms with Gasteiger partial charge in [0.25, 0.3) is 5.91 Å². The van der Waals surface area contributed by atoms with Crippen molar-refractivity contribution in [3.63, 3.8) is 0 Å². The summed E-state index contributed by atoms with van der Waals surface area (Å²) in [5.74, 6) is -1.00. The first kappa shape index (κ1) is 14.4. The van der Waals surface area contributed by atoms with Gasteiger partial charge in [-0.05, 0) is 18.1 Å². The Morgan fingerprint density at radius 3 is 2.67 bits per heavy atom. The summed E-state index contributed by atoms with van der Waals surface area (Å²) < 4.78 is 18.6. The topological polar surface area (TPSA) is 58.6 Å². The molecule has 1 aromatic rings. The first-order valence-corrected chi connectivity index (χ1v) is 5.75. The Hall–Kier alpha value is -1.62. The van der Waals surface area contributed by atoms with Crippen LogP contribution in [0.25, 0.3) is 0 Å². The number of aliphatic hydroxyl groups excluding tert-OH is 1. The summed E-state index contributed by atoms with van der Waals surface area (Å²) >= 11 is 0. The average Bonchev–Trinajstić information content (AvgIpc) is 2.34. The average molecular weight is 255 g/mol. The number of benzene rings is 1. The molecule has 1 atom stereocenters. The number of hydrogen-bond donors (Lipinski definition) is 2. The molecule has 0 saturated heterocycles. The van der Waals surface area contributed by atoms with E-state index in [-0.39, 0.29) is 23.8 Å². The van der Waals surface area contributed by atoms with Crippen LogP contribution in [0.15, 0.2) is 18.2 Å². The van der Waals surface area contributed by atoms with Crippen LogP contribution in [0, 0.1) is 11.7 Å². The van der Waals surface area contributed by atoms with Crippen molar-refractivity contribution in [3.05, 3.63) is 29.6 Å². The number of amides is 1. The lowest BCUT2D eigenvalue weighted by Crippen LogP contribution is -2.41. The standard InChI is InChI=1S/C13H18FNO3/c1-8(2)10(7-16)15-13(17)12-9(14)5-4-6-11(12)18-3/h4-6,8,10,16H,7H2,1-3H3,(H,15,17)/t10-/m1/s1. The molecule has 0 bridgehead atoms. The van der Waals surface area contributed by atoms with Crippen LogP contribution in [0.4, 0.5) is 4.39 Å². The van der Waals surface area contributed by atoms with Gasteiger partial charge in [-0.1, -0.05) is 19.9 Å². The van der Waals surface area contributed by atoms with E-state index < -0.39 is 17.8 Å². The van der Waals surface area contributed by atoms with Crippen molar-refractivity contribution >= 4 is 5.91 Å². The molecule has 0 unspecified atom stereocenters. The zero-order chi connectivity index (χ0) is 13.7. The maximum absolute atomic E-state index is 13.6. The van der Waals surface area contributed by atoms with E-state index in [1.807, 2.05) is 13.8 Å². The van der Waals surface area contributed by atoms with Crippen LogP contribution in [-0.4, -0.2) is 30.8 Å². The Bertz CT molecular complexity index is 421. The quantitative estimate of drug-likeness (QED) is 0.840. The van der Waals surface area contributed by atoms with Gasteiger partial charge in [0.15, 0.2) is 0 Å². The van der Waals surface area contributed by atoms with Gasteiger partial charge in [-0.25, -0.2) is 4.39 Å². The van der Waals surface area contributed by atoms with E-state index in [4.69, 9.17) is 9.84 Å². The van der Waals surface area contributed by atoms with Crippen molar-refractivity contribution in [2.75, 3.05) is 13.7 Å². The predicted octanol–water partition coefficient (Wildman–Crippen LogP) is 1.58. The van der Waals surface area contributed by atoms with Crippen LogP contribution >= 0.6 is 0 Å². The van der Waals surface area contributed by atoms with E-state index in [9.17, 15) is 9.18 Å². The van der Waals surface area contributed by atoms with Gasteiger partial charge in [-0.2, -0.15) is 0 Å². The van der Waals surface area contributed by atoms with Crippen molar-refractivity contribution in [3.8, 4) is 5.75 Å². The third kappa shape index (κ3) is 3.20. The Morgan fingerprint density at radius 2 is 2.17 bits per heavy atom. The molecule has 0 spiro atoms. The molecular weight excluding hydrogens is 237 g/mol. The molecule has 0 fully saturated rings. The van der Waals surface area contributed by atoms with E-state index in [0.29, 0.717) is 0 Å². The largest absolute Gasteiger partial charge is 0.496 e. The Labute approximate surface area is 106 Å². The number of methoxy groups -OCH3 is 1. The van der Waals surface area contributed by atoms with Gasteiger partial charge in [0.05, 0.1) is 19.8 Å². The van der Waals surface area contributed by atoms with E-state index in [1.165, 1.54) is 25.3 Å². The second kappa shape index (κ2) is 6.35. The summed E-state index contributed by atoms with van der Waals surface area (Å²) in [7, 11) is 1.37. The summed E-state index contributed by atoms with van der Waals surface area (Å²) in [6, 6.07) is 3.76. The Balaban J connectivity index is 2.97. The van der Waals surface area contributed by atoms with Gasteiger partial charge in [0.1, 0.15) is 17.1 Å². The highest BCUT2D eigenvalue weighted by molar-refractivity contribution is 5.97. The Morgan fingerprint density at radius 1 is 1.50 bits per heavy atom. The smallest absolute Gasteiger partial charge is 0.258 e. The summed E-state index contributed by atoms with van der Waals surface area (Å²) in [5.41, 5.74) is -0.140. The van der Waals surface area contributed by atoms with Crippen LogP contribution in [0.2, 0.25) is 0 Å². The molecular formula is C13H18FNO3. The minimum Gasteiger partial charge on any atom is -0.496 e. The third-order valence-corrected chi connectivity index (χ3v) is 2.74. The van der Waals surface area contributed by atoms with Crippen LogP contribution in [0.1, 0.15) is 24.2 Å². The summed E-state index contributed by atoms with van der Waals surface area (Å²) in [6.07, 6.45) is 0. The highest BCUT2D eigenvalue weighted by Crippen LogP contribution is 2.21. The predicted molar refractivity (Wildman–Crippen MR) is 66.1 cm³/mol. The van der Waals surface area contributed by atoms with Crippen molar-refractivity contribution in [2.24, 2.45) is 5.92 Å². The minimum absolute atomic E-state index is 0.0525. The van der Waals surface area contributed by atoms with Crippen LogP contribution < -0.4 is 10.1 Å². The maximum atomic E-state index is 13.6. The molecule has 0 aliphatic carbocycles. The van der Waals surface area contributed by atoms with Gasteiger partial charge in [-0.15, -0.1) is 0 Å². The van der Waals surface area contributed by atoms with Crippen molar-refractivity contribution in [1.29, 1.82) is 0 Å². The van der Waals surface area contributed by atoms with Crippen LogP contribution in [0.3, 0.4) is 0 Å². The summed E-state index contributed by atoms with van der Waals surface area (Å²) in [5, 5.41) is 11.7. The molecule has 0 aliphatic heterocycles. The number of halogens is 1. The number of carbonyl (C=O) groups excluding carboxylic acids is 1. The number of nitrogens with one attached hydrogen (secondary N) is 1. The normalized spacial score (nSPS) is 12.3. The number of hydrogen-bond acceptors (Lipinski definition) is 3. The second-order valence-corrected chi connectivity index (χ2v) is 4.32. The third-order valence-electron chi connectivity index (χ3n) is 2.74. The van der Waals surface area contributed by atoms with Crippen molar-refractivity contribution in [1.82, 2.24) is 5.32 Å². The van der Waals surface area contributed by atoms with E-state index in [0.717, 1.165) is 0 Å². The molecule has 1 rings (SSSR count). The number of rotatable bonds is 5. The molecule has 0 heterocycles. The molecule has 1 amide bonds. The molecule has 0 radical (unpaired) electrons. The minimum atomic E-state index is -0.646. The van der Waals surface area contributed by atoms with E-state index in [1.54, 1.807) is 0 Å². The molecule has 0 aromatic heterocycles. The van der Waals surface area contributed by atoms with E-state index in [2.05, 4.69) is 5.32 Å². The maximum Gasteiger partial charge on any atom is 0.258 e. The first-order valence-electron chi connectivity index (χ1n) is 5.75. The van der Waals surface area contributed by atoms with Crippen LogP contribution in [-0.2, 0) is 0 Å². The van der Waals surface area contributed by atoms with Gasteiger partial charge < -0.3 is 15.2 Å². The van der Waals surface area contributed by atoms with Gasteiger partial charge in [-0.3, -0.25) is 4.79 Å². The molecule has 0 saturated carbocycles. The molecule has 100 valence electrons. The fraction of sp³-hybridized carbons (Fsp3) is 0.462. The van der Waals surface area contributed by atoms with Crippen LogP contribution in [0.5, 0.6) is 5.75 Å². The molecule has 4 nitrogen and oxygen atoms in total. The zero-order valence-electron chi connectivity index (χ0n) is 10.7. The molecule has 2 N–H and O–H groups in total. The monoisotopic (exact) mass is 255 g/mol. The second-order valence-electron chi connectivity index (χ2n) is 4.32. The number of carbonyl (C=O) groups is 1. The Kier molecular flexibility index (Phi) is 5.09. The SMILES string of the molecule is COc1cccc(F)c1C(=O)N[C@H](CO)C(C)C. The van der Waals surface area contributed by atoms with Gasteiger partial charge in [0, 0.05) is 0 Å². The fourth-order valence-electron chi connectivity index (χ4n) is 1.56. The van der Waals surface area contributed by atoms with Gasteiger partial charge in [0.2, 0.25) is 0 Å².